The summed E-state index contributed by atoms with van der Waals surface area (Å²) in [6, 6.07) is 7.83. The van der Waals surface area contributed by atoms with Crippen LogP contribution in [0.2, 0.25) is 0 Å². The molecule has 1 aromatic rings. The third kappa shape index (κ3) is 11.5. The van der Waals surface area contributed by atoms with Gasteiger partial charge in [-0.2, -0.15) is 0 Å². The molecule has 1 rings (SSSR count). The zero-order valence-corrected chi connectivity index (χ0v) is 18.8. The molecule has 0 aliphatic rings. The number of carbonyl (C=O) groups is 1. The zero-order chi connectivity index (χ0) is 21.6. The number of hydrogen-bond donors (Lipinski definition) is 4. The van der Waals surface area contributed by atoms with Crippen LogP contribution >= 0.6 is 0 Å². The third-order valence-corrected chi connectivity index (χ3v) is 4.47. The Hall–Kier alpha value is -2.08. The van der Waals surface area contributed by atoms with E-state index in [2.05, 4.69) is 34.8 Å². The fourth-order valence-electron chi connectivity index (χ4n) is 3.24. The van der Waals surface area contributed by atoms with Crippen LogP contribution in [-0.4, -0.2) is 36.7 Å². The number of benzene rings is 1. The van der Waals surface area contributed by atoms with Crippen molar-refractivity contribution in [1.29, 1.82) is 0 Å². The second-order valence-electron chi connectivity index (χ2n) is 8.43. The average Bonchev–Trinajstić information content (AvgIpc) is 2.63. The second kappa shape index (κ2) is 14.0. The van der Waals surface area contributed by atoms with Gasteiger partial charge in [0.1, 0.15) is 0 Å². The lowest BCUT2D eigenvalue weighted by molar-refractivity contribution is -0.116. The number of guanidine groups is 1. The molecule has 0 saturated carbocycles. The molecule has 0 heterocycles. The molecule has 6 nitrogen and oxygen atoms in total. The standard InChI is InChI=1S/C23H40N4O2/c1-6-24-23(26-16-20(10-11-28)12-17(2)3)25-15-19-8-7-9-21(14-19)27-22(29)13-18(4)5/h7-9,14,17-18,20,28H,6,10-13,15-16H2,1-5H3,(H,27,29)(H2,24,25,26). The van der Waals surface area contributed by atoms with E-state index in [4.69, 9.17) is 0 Å². The quantitative estimate of drug-likeness (QED) is 0.315. The molecule has 0 aliphatic carbocycles. The lowest BCUT2D eigenvalue weighted by Crippen LogP contribution is -2.40. The van der Waals surface area contributed by atoms with E-state index in [0.29, 0.717) is 30.7 Å². The minimum Gasteiger partial charge on any atom is -0.396 e. The minimum atomic E-state index is 0.0377. The first-order valence-corrected chi connectivity index (χ1v) is 10.9. The van der Waals surface area contributed by atoms with Crippen LogP contribution in [0.15, 0.2) is 29.3 Å². The van der Waals surface area contributed by atoms with Gasteiger partial charge in [-0.15, -0.1) is 0 Å². The van der Waals surface area contributed by atoms with Crippen LogP contribution in [0.5, 0.6) is 0 Å². The molecule has 4 N–H and O–H groups in total. The zero-order valence-electron chi connectivity index (χ0n) is 18.8. The van der Waals surface area contributed by atoms with Gasteiger partial charge in [0.2, 0.25) is 5.91 Å². The first kappa shape index (κ1) is 25.0. The molecule has 29 heavy (non-hydrogen) atoms. The van der Waals surface area contributed by atoms with Crippen molar-refractivity contribution in [2.75, 3.05) is 25.0 Å². The van der Waals surface area contributed by atoms with Crippen molar-refractivity contribution >= 4 is 17.6 Å². The monoisotopic (exact) mass is 404 g/mol. The summed E-state index contributed by atoms with van der Waals surface area (Å²) < 4.78 is 0. The number of carbonyl (C=O) groups excluding carboxylic acids is 1. The van der Waals surface area contributed by atoms with Gasteiger partial charge in [-0.25, -0.2) is 4.99 Å². The van der Waals surface area contributed by atoms with Gasteiger partial charge in [-0.3, -0.25) is 4.79 Å². The first-order valence-electron chi connectivity index (χ1n) is 10.9. The molecule has 6 heteroatoms. The molecule has 1 aromatic carbocycles. The Bertz CT molecular complexity index is 629. The van der Waals surface area contributed by atoms with E-state index in [1.54, 1.807) is 0 Å². The van der Waals surface area contributed by atoms with E-state index >= 15 is 0 Å². The van der Waals surface area contributed by atoms with Gasteiger partial charge in [0.05, 0.1) is 6.54 Å². The van der Waals surface area contributed by atoms with Gasteiger partial charge in [0.25, 0.3) is 0 Å². The maximum Gasteiger partial charge on any atom is 0.224 e. The van der Waals surface area contributed by atoms with Gasteiger partial charge >= 0.3 is 0 Å². The minimum absolute atomic E-state index is 0.0377. The third-order valence-electron chi connectivity index (χ3n) is 4.47. The largest absolute Gasteiger partial charge is 0.396 e. The van der Waals surface area contributed by atoms with E-state index in [1.807, 2.05) is 45.0 Å². The number of nitrogens with zero attached hydrogens (tertiary/aromatic N) is 1. The van der Waals surface area contributed by atoms with Crippen molar-refractivity contribution in [3.8, 4) is 0 Å². The van der Waals surface area contributed by atoms with Gasteiger partial charge in [0, 0.05) is 31.8 Å². The summed E-state index contributed by atoms with van der Waals surface area (Å²) in [6.07, 6.45) is 2.38. The number of aliphatic hydroxyl groups is 1. The number of nitrogens with one attached hydrogen (secondary N) is 3. The molecule has 0 aromatic heterocycles. The summed E-state index contributed by atoms with van der Waals surface area (Å²) in [4.78, 5) is 16.7. The van der Waals surface area contributed by atoms with Crippen molar-refractivity contribution < 1.29 is 9.90 Å². The van der Waals surface area contributed by atoms with Crippen LogP contribution in [-0.2, 0) is 11.3 Å². The van der Waals surface area contributed by atoms with Gasteiger partial charge < -0.3 is 21.1 Å². The normalized spacial score (nSPS) is 12.9. The summed E-state index contributed by atoms with van der Waals surface area (Å²) in [7, 11) is 0. The van der Waals surface area contributed by atoms with Crippen molar-refractivity contribution in [3.05, 3.63) is 29.8 Å². The van der Waals surface area contributed by atoms with Crippen molar-refractivity contribution in [3.63, 3.8) is 0 Å². The molecule has 1 amide bonds. The molecule has 0 spiro atoms. The summed E-state index contributed by atoms with van der Waals surface area (Å²) in [5, 5.41) is 18.9. The molecule has 1 unspecified atom stereocenters. The number of amides is 1. The van der Waals surface area contributed by atoms with Gasteiger partial charge in [-0.1, -0.05) is 39.8 Å². The van der Waals surface area contributed by atoms with Crippen LogP contribution in [0.1, 0.15) is 59.4 Å². The molecular weight excluding hydrogens is 364 g/mol. The highest BCUT2D eigenvalue weighted by molar-refractivity contribution is 5.90. The summed E-state index contributed by atoms with van der Waals surface area (Å²) in [6.45, 7) is 12.8. The lowest BCUT2D eigenvalue weighted by atomic mass is 9.94. The van der Waals surface area contributed by atoms with Crippen molar-refractivity contribution in [2.24, 2.45) is 22.7 Å². The van der Waals surface area contributed by atoms with E-state index in [-0.39, 0.29) is 12.5 Å². The highest BCUT2D eigenvalue weighted by Crippen LogP contribution is 2.15. The van der Waals surface area contributed by atoms with Gasteiger partial charge in [-0.05, 0) is 55.2 Å². The van der Waals surface area contributed by atoms with Gasteiger partial charge in [0.15, 0.2) is 5.96 Å². The lowest BCUT2D eigenvalue weighted by Gasteiger charge is -2.20. The summed E-state index contributed by atoms with van der Waals surface area (Å²) in [5.41, 5.74) is 1.85. The molecule has 0 aliphatic heterocycles. The molecule has 164 valence electrons. The number of anilines is 1. The van der Waals surface area contributed by atoms with Crippen LogP contribution in [0.25, 0.3) is 0 Å². The van der Waals surface area contributed by atoms with Crippen LogP contribution in [0.4, 0.5) is 5.69 Å². The highest BCUT2D eigenvalue weighted by Gasteiger charge is 2.11. The smallest absolute Gasteiger partial charge is 0.224 e. The van der Waals surface area contributed by atoms with E-state index in [0.717, 1.165) is 43.1 Å². The molecular formula is C23H40N4O2. The summed E-state index contributed by atoms with van der Waals surface area (Å²) in [5.74, 6) is 2.16. The molecule has 0 radical (unpaired) electrons. The molecule has 0 saturated heterocycles. The topological polar surface area (TPSA) is 85.8 Å². The Morgan fingerprint density at radius 1 is 1.14 bits per heavy atom. The number of aliphatic imine (C=N–C) groups is 1. The van der Waals surface area contributed by atoms with Crippen molar-refractivity contribution in [1.82, 2.24) is 10.6 Å². The Morgan fingerprint density at radius 3 is 2.52 bits per heavy atom. The number of rotatable bonds is 12. The van der Waals surface area contributed by atoms with Crippen molar-refractivity contribution in [2.45, 2.75) is 60.4 Å². The highest BCUT2D eigenvalue weighted by atomic mass is 16.3. The number of hydrogen-bond acceptors (Lipinski definition) is 3. The van der Waals surface area contributed by atoms with Crippen LogP contribution in [0.3, 0.4) is 0 Å². The second-order valence-corrected chi connectivity index (χ2v) is 8.43. The molecule has 0 fully saturated rings. The Balaban J connectivity index is 2.70. The maximum atomic E-state index is 12.0. The predicted molar refractivity (Wildman–Crippen MR) is 122 cm³/mol. The predicted octanol–water partition coefficient (Wildman–Crippen LogP) is 3.77. The Morgan fingerprint density at radius 2 is 1.90 bits per heavy atom. The van der Waals surface area contributed by atoms with E-state index in [9.17, 15) is 9.90 Å². The SMILES string of the molecule is CCNC(=NCc1cccc(NC(=O)CC(C)C)c1)NCC(CCO)CC(C)C. The van der Waals surface area contributed by atoms with Crippen LogP contribution < -0.4 is 16.0 Å². The fraction of sp³-hybridized carbons (Fsp3) is 0.652. The molecule has 1 atom stereocenters. The van der Waals surface area contributed by atoms with E-state index in [1.165, 1.54) is 0 Å². The maximum absolute atomic E-state index is 12.0. The fourth-order valence-corrected chi connectivity index (χ4v) is 3.24. The van der Waals surface area contributed by atoms with E-state index < -0.39 is 0 Å². The average molecular weight is 405 g/mol. The van der Waals surface area contributed by atoms with Crippen LogP contribution in [0, 0.1) is 17.8 Å². The Labute approximate surface area is 176 Å². The summed E-state index contributed by atoms with van der Waals surface area (Å²) >= 11 is 0. The number of aliphatic hydroxyl groups excluding tert-OH is 1. The first-order chi connectivity index (χ1) is 13.8. The molecule has 0 bridgehead atoms. The Kier molecular flexibility index (Phi) is 12.0.